The fraction of sp³-hybridized carbons (Fsp3) is 0.917. The van der Waals surface area contributed by atoms with Crippen molar-refractivity contribution in [3.05, 3.63) is 0 Å². The van der Waals surface area contributed by atoms with Crippen molar-refractivity contribution in [2.75, 3.05) is 13.1 Å². The Kier molecular flexibility index (Phi) is 6.96. The predicted octanol–water partition coefficient (Wildman–Crippen LogP) is 1.44. The molecule has 114 valence electrons. The number of carbonyl (C=O) groups is 1. The van der Waals surface area contributed by atoms with Crippen LogP contribution in [-0.4, -0.2) is 42.9 Å². The Balaban J connectivity index is 4.95. The molecule has 0 heterocycles. The van der Waals surface area contributed by atoms with Crippen molar-refractivity contribution in [2.45, 2.75) is 53.5 Å². The van der Waals surface area contributed by atoms with E-state index in [1.54, 1.807) is 13.8 Å². The first-order valence-corrected chi connectivity index (χ1v) is 7.95. The quantitative estimate of drug-likeness (QED) is 0.709. The zero-order valence-electron chi connectivity index (χ0n) is 12.4. The third-order valence-electron chi connectivity index (χ3n) is 2.64. The molecule has 7 heteroatoms. The van der Waals surface area contributed by atoms with Crippen LogP contribution in [0.25, 0.3) is 0 Å². The van der Waals surface area contributed by atoms with E-state index in [4.69, 9.17) is 5.11 Å². The minimum absolute atomic E-state index is 0.147. The minimum Gasteiger partial charge on any atom is -0.481 e. The summed E-state index contributed by atoms with van der Waals surface area (Å²) < 4.78 is 28.0. The van der Waals surface area contributed by atoms with Crippen LogP contribution in [0.15, 0.2) is 0 Å². The summed E-state index contributed by atoms with van der Waals surface area (Å²) in [6.07, 6.45) is 0.261. The van der Waals surface area contributed by atoms with E-state index in [0.29, 0.717) is 19.5 Å². The first-order chi connectivity index (χ1) is 8.51. The molecule has 1 atom stereocenters. The third kappa shape index (κ3) is 7.49. The van der Waals surface area contributed by atoms with E-state index in [0.717, 1.165) is 0 Å². The largest absolute Gasteiger partial charge is 0.481 e. The molecule has 0 spiro atoms. The van der Waals surface area contributed by atoms with Gasteiger partial charge < -0.3 is 5.11 Å². The molecule has 2 N–H and O–H groups in total. The number of hydrogen-bond acceptors (Lipinski definition) is 3. The molecular weight excluding hydrogens is 268 g/mol. The fourth-order valence-electron chi connectivity index (χ4n) is 1.95. The molecule has 6 nitrogen and oxygen atoms in total. The number of carboxylic acid groups (broad SMARTS) is 1. The maximum absolute atomic E-state index is 12.1. The lowest BCUT2D eigenvalue weighted by Gasteiger charge is -2.28. The average molecular weight is 294 g/mol. The molecule has 19 heavy (non-hydrogen) atoms. The standard InChI is InChI=1S/C12H26N2O4S/c1-6-14(7-2)19(17,18)13-10(8-11(15)16)9-12(3,4)5/h10,13H,6-9H2,1-5H3,(H,15,16). The minimum atomic E-state index is -3.62. The molecular formula is C12H26N2O4S. The summed E-state index contributed by atoms with van der Waals surface area (Å²) in [5.41, 5.74) is -0.147. The normalized spacial score (nSPS) is 14.6. The number of nitrogens with one attached hydrogen (secondary N) is 1. The van der Waals surface area contributed by atoms with Gasteiger partial charge >= 0.3 is 5.97 Å². The van der Waals surface area contributed by atoms with Crippen molar-refractivity contribution in [1.82, 2.24) is 9.03 Å². The highest BCUT2D eigenvalue weighted by atomic mass is 32.2. The van der Waals surface area contributed by atoms with E-state index in [9.17, 15) is 13.2 Å². The van der Waals surface area contributed by atoms with Gasteiger partial charge in [-0.25, -0.2) is 0 Å². The van der Waals surface area contributed by atoms with Gasteiger partial charge in [0.25, 0.3) is 10.2 Å². The van der Waals surface area contributed by atoms with Gasteiger partial charge in [-0.1, -0.05) is 34.6 Å². The molecule has 0 aliphatic carbocycles. The number of nitrogens with zero attached hydrogens (tertiary/aromatic N) is 1. The van der Waals surface area contributed by atoms with Crippen LogP contribution in [0.5, 0.6) is 0 Å². The molecule has 0 bridgehead atoms. The second-order valence-electron chi connectivity index (χ2n) is 5.77. The van der Waals surface area contributed by atoms with Crippen molar-refractivity contribution in [1.29, 1.82) is 0 Å². The van der Waals surface area contributed by atoms with Crippen LogP contribution in [0.4, 0.5) is 0 Å². The predicted molar refractivity (Wildman–Crippen MR) is 75.1 cm³/mol. The molecule has 0 aromatic heterocycles. The van der Waals surface area contributed by atoms with Crippen LogP contribution in [0.3, 0.4) is 0 Å². The van der Waals surface area contributed by atoms with Crippen molar-refractivity contribution >= 4 is 16.2 Å². The summed E-state index contributed by atoms with van der Waals surface area (Å²) in [7, 11) is -3.62. The maximum Gasteiger partial charge on any atom is 0.304 e. The summed E-state index contributed by atoms with van der Waals surface area (Å²) >= 11 is 0. The summed E-state index contributed by atoms with van der Waals surface area (Å²) in [6, 6.07) is -0.594. The molecule has 0 rings (SSSR count). The molecule has 0 aliphatic heterocycles. The van der Waals surface area contributed by atoms with Crippen molar-refractivity contribution in [3.63, 3.8) is 0 Å². The molecule has 1 unspecified atom stereocenters. The lowest BCUT2D eigenvalue weighted by atomic mass is 9.87. The summed E-state index contributed by atoms with van der Waals surface area (Å²) in [4.78, 5) is 10.8. The highest BCUT2D eigenvalue weighted by molar-refractivity contribution is 7.87. The lowest BCUT2D eigenvalue weighted by molar-refractivity contribution is -0.137. The zero-order chi connectivity index (χ0) is 15.3. The number of aliphatic carboxylic acids is 1. The average Bonchev–Trinajstić information content (AvgIpc) is 2.13. The van der Waals surface area contributed by atoms with Gasteiger partial charge in [-0.2, -0.15) is 17.4 Å². The van der Waals surface area contributed by atoms with Crippen LogP contribution in [0.2, 0.25) is 0 Å². The first-order valence-electron chi connectivity index (χ1n) is 6.51. The van der Waals surface area contributed by atoms with Crippen LogP contribution in [0.1, 0.15) is 47.5 Å². The van der Waals surface area contributed by atoms with Crippen LogP contribution in [-0.2, 0) is 15.0 Å². The maximum atomic E-state index is 12.1. The molecule has 0 radical (unpaired) electrons. The number of hydrogen-bond donors (Lipinski definition) is 2. The fourth-order valence-corrected chi connectivity index (χ4v) is 3.37. The van der Waals surface area contributed by atoms with Gasteiger partial charge in [-0.3, -0.25) is 4.79 Å². The smallest absolute Gasteiger partial charge is 0.304 e. The van der Waals surface area contributed by atoms with Crippen molar-refractivity contribution in [3.8, 4) is 0 Å². The van der Waals surface area contributed by atoms with Gasteiger partial charge in [0.1, 0.15) is 0 Å². The van der Waals surface area contributed by atoms with E-state index in [2.05, 4.69) is 4.72 Å². The molecule has 0 saturated carbocycles. The van der Waals surface area contributed by atoms with Crippen molar-refractivity contribution in [2.24, 2.45) is 5.41 Å². The van der Waals surface area contributed by atoms with E-state index in [-0.39, 0.29) is 11.8 Å². The van der Waals surface area contributed by atoms with Crippen molar-refractivity contribution < 1.29 is 18.3 Å². The van der Waals surface area contributed by atoms with Gasteiger partial charge in [-0.05, 0) is 11.8 Å². The molecule has 0 fully saturated rings. The Morgan fingerprint density at radius 1 is 1.26 bits per heavy atom. The van der Waals surface area contributed by atoms with Gasteiger partial charge in [0.15, 0.2) is 0 Å². The molecule has 0 aliphatic rings. The molecule has 0 aromatic carbocycles. The Morgan fingerprint density at radius 2 is 1.74 bits per heavy atom. The Hall–Kier alpha value is -0.660. The van der Waals surface area contributed by atoms with E-state index >= 15 is 0 Å². The summed E-state index contributed by atoms with van der Waals surface area (Å²) in [5, 5.41) is 8.88. The third-order valence-corrected chi connectivity index (χ3v) is 4.47. The van der Waals surface area contributed by atoms with Gasteiger partial charge in [0, 0.05) is 19.1 Å². The second kappa shape index (κ2) is 7.21. The van der Waals surface area contributed by atoms with Crippen LogP contribution < -0.4 is 4.72 Å². The number of carboxylic acids is 1. The summed E-state index contributed by atoms with van der Waals surface area (Å²) in [6.45, 7) is 10.1. The highest BCUT2D eigenvalue weighted by Gasteiger charge is 2.27. The number of rotatable bonds is 8. The molecule has 0 amide bonds. The second-order valence-corrected chi connectivity index (χ2v) is 7.47. The Morgan fingerprint density at radius 3 is 2.05 bits per heavy atom. The van der Waals surface area contributed by atoms with Gasteiger partial charge in [-0.15, -0.1) is 0 Å². The summed E-state index contributed by atoms with van der Waals surface area (Å²) in [5.74, 6) is -1.00. The Bertz CT molecular complexity index is 383. The van der Waals surface area contributed by atoms with E-state index < -0.39 is 22.2 Å². The highest BCUT2D eigenvalue weighted by Crippen LogP contribution is 2.22. The topological polar surface area (TPSA) is 86.7 Å². The monoisotopic (exact) mass is 294 g/mol. The first kappa shape index (κ1) is 18.3. The van der Waals surface area contributed by atoms with Gasteiger partial charge in [0.2, 0.25) is 0 Å². The van der Waals surface area contributed by atoms with E-state index in [1.807, 2.05) is 20.8 Å². The molecule has 0 saturated heterocycles. The Labute approximate surface area is 116 Å². The zero-order valence-corrected chi connectivity index (χ0v) is 13.2. The lowest BCUT2D eigenvalue weighted by Crippen LogP contribution is -2.47. The van der Waals surface area contributed by atoms with Crippen LogP contribution >= 0.6 is 0 Å². The SMILES string of the molecule is CCN(CC)S(=O)(=O)NC(CC(=O)O)CC(C)(C)C. The van der Waals surface area contributed by atoms with Gasteiger partial charge in [0.05, 0.1) is 6.42 Å². The van der Waals surface area contributed by atoms with Crippen LogP contribution in [0, 0.1) is 5.41 Å². The molecule has 0 aromatic rings. The van der Waals surface area contributed by atoms with E-state index in [1.165, 1.54) is 4.31 Å².